The summed E-state index contributed by atoms with van der Waals surface area (Å²) in [5, 5.41) is 27.2. The van der Waals surface area contributed by atoms with E-state index in [1.165, 1.54) is 19.1 Å². The van der Waals surface area contributed by atoms with Crippen LogP contribution in [0.25, 0.3) is 0 Å². The maximum atomic E-state index is 11.3. The molecule has 1 rings (SSSR count). The summed E-state index contributed by atoms with van der Waals surface area (Å²) in [5.41, 5.74) is 0.700. The summed E-state index contributed by atoms with van der Waals surface area (Å²) in [5.74, 6) is -2.03. The van der Waals surface area contributed by atoms with Crippen molar-refractivity contribution in [1.82, 2.24) is 9.80 Å². The monoisotopic (exact) mass is 456 g/mol. The van der Waals surface area contributed by atoms with Crippen molar-refractivity contribution in [3.8, 4) is 17.2 Å². The van der Waals surface area contributed by atoms with E-state index in [1.807, 2.05) is 6.92 Å². The fourth-order valence-corrected chi connectivity index (χ4v) is 3.03. The van der Waals surface area contributed by atoms with E-state index in [0.29, 0.717) is 29.4 Å². The fraction of sp³-hybridized carbons (Fsp3) is 0.571. The third kappa shape index (κ3) is 9.84. The van der Waals surface area contributed by atoms with Crippen LogP contribution in [-0.2, 0) is 20.9 Å². The normalized spacial score (nSPS) is 10.9. The summed E-state index contributed by atoms with van der Waals surface area (Å²) in [6.07, 6.45) is 1.83. The topological polar surface area (TPSA) is 146 Å². The predicted molar refractivity (Wildman–Crippen MR) is 115 cm³/mol. The lowest BCUT2D eigenvalue weighted by molar-refractivity contribution is -0.143. The van der Waals surface area contributed by atoms with E-state index in [0.717, 1.165) is 12.8 Å². The zero-order valence-electron chi connectivity index (χ0n) is 18.7. The van der Waals surface area contributed by atoms with Crippen molar-refractivity contribution in [3.63, 3.8) is 0 Å². The Morgan fingerprint density at radius 3 is 1.75 bits per heavy atom. The molecule has 0 saturated heterocycles. The number of carboxylic acids is 3. The molecule has 0 radical (unpaired) electrons. The summed E-state index contributed by atoms with van der Waals surface area (Å²) in [7, 11) is 2.99. The van der Waals surface area contributed by atoms with Gasteiger partial charge in [-0.25, -0.2) is 0 Å². The first-order valence-electron chi connectivity index (χ1n) is 10.2. The van der Waals surface area contributed by atoms with Crippen LogP contribution in [0.2, 0.25) is 0 Å². The van der Waals surface area contributed by atoms with Gasteiger partial charge in [0, 0.05) is 19.6 Å². The number of hydrogen-bond donors (Lipinski definition) is 3. The van der Waals surface area contributed by atoms with Gasteiger partial charge in [0.15, 0.2) is 11.5 Å². The lowest BCUT2D eigenvalue weighted by Crippen LogP contribution is -2.41. The van der Waals surface area contributed by atoms with Crippen molar-refractivity contribution in [2.75, 3.05) is 53.6 Å². The van der Waals surface area contributed by atoms with Crippen LogP contribution in [0.1, 0.15) is 25.3 Å². The maximum absolute atomic E-state index is 11.3. The standard InChI is InChI=1S/C21H32N2O9/c1-4-5-8-32-21-16(30-2)9-15(10-17(21)31-3)11-22(12-18(24)25)6-7-23(13-19(26)27)14-20(28)29/h9-10H,4-8,11-14H2,1-3H3,(H,24,25)(H,26,27)(H,28,29). The zero-order valence-corrected chi connectivity index (χ0v) is 18.7. The Morgan fingerprint density at radius 2 is 1.31 bits per heavy atom. The summed E-state index contributed by atoms with van der Waals surface area (Å²) in [4.78, 5) is 36.1. The van der Waals surface area contributed by atoms with Gasteiger partial charge in [-0.2, -0.15) is 0 Å². The molecule has 0 unspecified atom stereocenters. The van der Waals surface area contributed by atoms with E-state index in [4.69, 9.17) is 24.4 Å². The lowest BCUT2D eigenvalue weighted by Gasteiger charge is -2.25. The number of unbranched alkanes of at least 4 members (excludes halogenated alkanes) is 1. The Morgan fingerprint density at radius 1 is 0.844 bits per heavy atom. The minimum atomic E-state index is -1.16. The number of rotatable bonds is 17. The van der Waals surface area contributed by atoms with E-state index in [2.05, 4.69) is 0 Å². The molecule has 0 aliphatic heterocycles. The highest BCUT2D eigenvalue weighted by molar-refractivity contribution is 5.72. The van der Waals surface area contributed by atoms with Gasteiger partial charge in [0.05, 0.1) is 40.5 Å². The van der Waals surface area contributed by atoms with Crippen molar-refractivity contribution in [3.05, 3.63) is 17.7 Å². The van der Waals surface area contributed by atoms with Gasteiger partial charge in [-0.1, -0.05) is 13.3 Å². The second-order valence-electron chi connectivity index (χ2n) is 7.13. The van der Waals surface area contributed by atoms with Crippen LogP contribution in [-0.4, -0.2) is 96.6 Å². The van der Waals surface area contributed by atoms with Crippen LogP contribution in [0, 0.1) is 0 Å². The van der Waals surface area contributed by atoms with Crippen LogP contribution in [0.4, 0.5) is 0 Å². The third-order valence-corrected chi connectivity index (χ3v) is 4.48. The number of nitrogens with zero attached hydrogens (tertiary/aromatic N) is 2. The molecule has 180 valence electrons. The SMILES string of the molecule is CCCCOc1c(OC)cc(CN(CCN(CC(=O)O)CC(=O)O)CC(=O)O)cc1OC. The highest BCUT2D eigenvalue weighted by Gasteiger charge is 2.19. The molecule has 0 bridgehead atoms. The Bertz CT molecular complexity index is 729. The Hall–Kier alpha value is -3.05. The molecule has 0 aliphatic rings. The smallest absolute Gasteiger partial charge is 0.317 e. The molecule has 0 aromatic heterocycles. The number of benzene rings is 1. The van der Waals surface area contributed by atoms with Gasteiger partial charge in [-0.15, -0.1) is 0 Å². The number of carbonyl (C=O) groups is 3. The summed E-state index contributed by atoms with van der Waals surface area (Å²) >= 11 is 0. The first-order valence-corrected chi connectivity index (χ1v) is 10.2. The molecule has 3 N–H and O–H groups in total. The molecule has 0 fully saturated rings. The minimum absolute atomic E-state index is 0.0678. The first kappa shape index (κ1) is 27.0. The van der Waals surface area contributed by atoms with E-state index in [-0.39, 0.29) is 26.2 Å². The van der Waals surface area contributed by atoms with Crippen LogP contribution in [0.15, 0.2) is 12.1 Å². The molecule has 0 amide bonds. The number of aliphatic carboxylic acids is 3. The summed E-state index contributed by atoms with van der Waals surface area (Å²) < 4.78 is 16.7. The van der Waals surface area contributed by atoms with Crippen molar-refractivity contribution >= 4 is 17.9 Å². The molecule has 0 aliphatic carbocycles. The Balaban J connectivity index is 3.02. The van der Waals surface area contributed by atoms with Crippen molar-refractivity contribution in [2.45, 2.75) is 26.3 Å². The molecule has 32 heavy (non-hydrogen) atoms. The molecule has 0 spiro atoms. The molecule has 1 aromatic carbocycles. The van der Waals surface area contributed by atoms with Gasteiger partial charge in [0.2, 0.25) is 5.75 Å². The van der Waals surface area contributed by atoms with Crippen molar-refractivity contribution in [1.29, 1.82) is 0 Å². The average molecular weight is 456 g/mol. The lowest BCUT2D eigenvalue weighted by atomic mass is 10.1. The first-order chi connectivity index (χ1) is 15.2. The summed E-state index contributed by atoms with van der Waals surface area (Å²) in [6.45, 7) is 1.72. The van der Waals surface area contributed by atoms with Crippen LogP contribution in [0.3, 0.4) is 0 Å². The molecule has 11 nitrogen and oxygen atoms in total. The molecular formula is C21H32N2O9. The predicted octanol–water partition coefficient (Wildman–Crippen LogP) is 1.24. The van der Waals surface area contributed by atoms with E-state index < -0.39 is 31.0 Å². The molecule has 11 heteroatoms. The van der Waals surface area contributed by atoms with E-state index in [1.54, 1.807) is 17.0 Å². The van der Waals surface area contributed by atoms with Crippen molar-refractivity contribution in [2.24, 2.45) is 0 Å². The van der Waals surface area contributed by atoms with E-state index >= 15 is 0 Å². The molecule has 0 atom stereocenters. The van der Waals surface area contributed by atoms with Crippen LogP contribution < -0.4 is 14.2 Å². The zero-order chi connectivity index (χ0) is 24.1. The van der Waals surface area contributed by atoms with Gasteiger partial charge >= 0.3 is 17.9 Å². The number of hydrogen-bond acceptors (Lipinski definition) is 8. The van der Waals surface area contributed by atoms with Crippen LogP contribution in [0.5, 0.6) is 17.2 Å². The third-order valence-electron chi connectivity index (χ3n) is 4.48. The maximum Gasteiger partial charge on any atom is 0.317 e. The number of methoxy groups -OCH3 is 2. The van der Waals surface area contributed by atoms with Crippen LogP contribution >= 0.6 is 0 Å². The van der Waals surface area contributed by atoms with Crippen molar-refractivity contribution < 1.29 is 43.9 Å². The molecule has 1 aromatic rings. The highest BCUT2D eigenvalue weighted by atomic mass is 16.5. The fourth-order valence-electron chi connectivity index (χ4n) is 3.03. The van der Waals surface area contributed by atoms with Gasteiger partial charge in [0.25, 0.3) is 0 Å². The molecular weight excluding hydrogens is 424 g/mol. The largest absolute Gasteiger partial charge is 0.493 e. The Labute approximate surface area is 187 Å². The molecule has 0 heterocycles. The highest BCUT2D eigenvalue weighted by Crippen LogP contribution is 2.39. The van der Waals surface area contributed by atoms with Gasteiger partial charge in [0.1, 0.15) is 0 Å². The quantitative estimate of drug-likeness (QED) is 0.291. The minimum Gasteiger partial charge on any atom is -0.493 e. The Kier molecular flexibility index (Phi) is 11.9. The van der Waals surface area contributed by atoms with E-state index in [9.17, 15) is 19.5 Å². The van der Waals surface area contributed by atoms with Gasteiger partial charge in [-0.3, -0.25) is 24.2 Å². The second kappa shape index (κ2) is 14.1. The van der Waals surface area contributed by atoms with Gasteiger partial charge < -0.3 is 29.5 Å². The van der Waals surface area contributed by atoms with Gasteiger partial charge in [-0.05, 0) is 24.1 Å². The number of ether oxygens (including phenoxy) is 3. The summed E-state index contributed by atoms with van der Waals surface area (Å²) in [6, 6.07) is 3.45. The second-order valence-corrected chi connectivity index (χ2v) is 7.13. The number of carboxylic acid groups (broad SMARTS) is 3. The molecule has 0 saturated carbocycles. The average Bonchev–Trinajstić information content (AvgIpc) is 2.71.